The third-order valence-electron chi connectivity index (χ3n) is 5.08. The molecule has 1 heterocycles. The minimum atomic E-state index is -4.51. The number of hydrogen-bond acceptors (Lipinski definition) is 7. The number of benzene rings is 1. The predicted octanol–water partition coefficient (Wildman–Crippen LogP) is -1.79. The molecular weight excluding hydrogens is 478 g/mol. The second-order valence-corrected chi connectivity index (χ2v) is 9.38. The minimum absolute atomic E-state index is 0.0244. The van der Waals surface area contributed by atoms with Crippen molar-refractivity contribution >= 4 is 32.8 Å². The molecule has 7 N–H and O–H groups in total. The summed E-state index contributed by atoms with van der Waals surface area (Å²) < 4.78 is 44.5. The Kier molecular flexibility index (Phi) is 12.1. The SMILES string of the molecule is C[NH2+]Cc1cc2ccccc2n1CCC(=O)N[C@@H](CS(=O)(=O)O)C(=O)NCCOCCOCCN. The van der Waals surface area contributed by atoms with Crippen LogP contribution in [0.5, 0.6) is 0 Å². The molecule has 0 saturated carbocycles. The molecule has 0 bridgehead atoms. The zero-order chi connectivity index (χ0) is 25.7. The number of hydrogen-bond donors (Lipinski definition) is 5. The minimum Gasteiger partial charge on any atom is -0.378 e. The Morgan fingerprint density at radius 3 is 2.57 bits per heavy atom. The van der Waals surface area contributed by atoms with Gasteiger partial charge in [-0.15, -0.1) is 0 Å². The molecule has 0 radical (unpaired) electrons. The van der Waals surface area contributed by atoms with E-state index in [2.05, 4.69) is 16.7 Å². The van der Waals surface area contributed by atoms with Crippen molar-refractivity contribution in [3.63, 3.8) is 0 Å². The van der Waals surface area contributed by atoms with Gasteiger partial charge in [0.1, 0.15) is 18.3 Å². The summed E-state index contributed by atoms with van der Waals surface area (Å²) in [5.74, 6) is -2.17. The fourth-order valence-electron chi connectivity index (χ4n) is 3.56. The van der Waals surface area contributed by atoms with E-state index in [1.165, 1.54) is 0 Å². The smallest absolute Gasteiger partial charge is 0.267 e. The van der Waals surface area contributed by atoms with E-state index in [-0.39, 0.29) is 19.6 Å². The molecule has 196 valence electrons. The highest BCUT2D eigenvalue weighted by atomic mass is 32.2. The van der Waals surface area contributed by atoms with Gasteiger partial charge in [0.25, 0.3) is 10.1 Å². The average molecular weight is 515 g/mol. The van der Waals surface area contributed by atoms with Crippen LogP contribution in [0.3, 0.4) is 0 Å². The van der Waals surface area contributed by atoms with Gasteiger partial charge in [-0.2, -0.15) is 8.42 Å². The van der Waals surface area contributed by atoms with Crippen LogP contribution in [-0.2, 0) is 42.3 Å². The molecule has 0 aliphatic rings. The number of quaternary nitrogens is 1. The van der Waals surface area contributed by atoms with Crippen LogP contribution in [0.25, 0.3) is 10.9 Å². The molecule has 0 spiro atoms. The molecule has 0 aliphatic heterocycles. The number of carbonyl (C=O) groups is 2. The van der Waals surface area contributed by atoms with Gasteiger partial charge in [0.15, 0.2) is 0 Å². The standard InChI is InChI=1S/C22H35N5O7S/c1-24-15-18-14-17-4-2-3-5-20(17)27(18)9-6-21(28)26-19(16-35(30,31)32)22(29)25-8-11-34-13-12-33-10-7-23/h2-5,14,19,24H,6-13,15-16,23H2,1H3,(H,25,29)(H,26,28)(H,30,31,32)/p+1/t19-/m0/s1. The van der Waals surface area contributed by atoms with E-state index in [1.54, 1.807) is 0 Å². The van der Waals surface area contributed by atoms with Gasteiger partial charge in [-0.3, -0.25) is 14.1 Å². The Labute approximate surface area is 205 Å². The van der Waals surface area contributed by atoms with E-state index >= 15 is 0 Å². The first-order valence-electron chi connectivity index (χ1n) is 11.5. The van der Waals surface area contributed by atoms with Gasteiger partial charge >= 0.3 is 0 Å². The van der Waals surface area contributed by atoms with Crippen LogP contribution < -0.4 is 21.7 Å². The van der Waals surface area contributed by atoms with Crippen LogP contribution in [0.15, 0.2) is 30.3 Å². The first-order valence-corrected chi connectivity index (χ1v) is 13.1. The highest BCUT2D eigenvalue weighted by Gasteiger charge is 2.26. The average Bonchev–Trinajstić information content (AvgIpc) is 3.15. The van der Waals surface area contributed by atoms with Crippen molar-refractivity contribution in [3.8, 4) is 0 Å². The molecule has 12 nitrogen and oxygen atoms in total. The molecule has 35 heavy (non-hydrogen) atoms. The van der Waals surface area contributed by atoms with Crippen LogP contribution in [0.2, 0.25) is 0 Å². The maximum Gasteiger partial charge on any atom is 0.267 e. The van der Waals surface area contributed by atoms with Gasteiger partial charge in [-0.1, -0.05) is 18.2 Å². The molecule has 13 heteroatoms. The molecule has 0 aliphatic carbocycles. The summed E-state index contributed by atoms with van der Waals surface area (Å²) in [6, 6.07) is 8.45. The topological polar surface area (TPSA) is 179 Å². The molecular formula is C22H36N5O7S+. The van der Waals surface area contributed by atoms with Crippen molar-refractivity contribution in [2.24, 2.45) is 5.73 Å². The van der Waals surface area contributed by atoms with E-state index in [4.69, 9.17) is 15.2 Å². The summed E-state index contributed by atoms with van der Waals surface area (Å²) in [5.41, 5.74) is 7.34. The van der Waals surface area contributed by atoms with Crippen LogP contribution in [0.1, 0.15) is 12.1 Å². The lowest BCUT2D eigenvalue weighted by Crippen LogP contribution is -2.78. The number of aromatic nitrogens is 1. The summed E-state index contributed by atoms with van der Waals surface area (Å²) in [5, 5.41) is 8.01. The van der Waals surface area contributed by atoms with E-state index in [9.17, 15) is 22.6 Å². The van der Waals surface area contributed by atoms with Gasteiger partial charge in [-0.05, 0) is 12.1 Å². The molecule has 0 saturated heterocycles. The lowest BCUT2D eigenvalue weighted by molar-refractivity contribution is -0.644. The summed E-state index contributed by atoms with van der Waals surface area (Å²) >= 11 is 0. The van der Waals surface area contributed by atoms with Crippen molar-refractivity contribution in [2.75, 3.05) is 52.3 Å². The number of nitrogens with one attached hydrogen (secondary N) is 2. The van der Waals surface area contributed by atoms with E-state index in [0.29, 0.717) is 32.9 Å². The first-order chi connectivity index (χ1) is 16.7. The number of ether oxygens (including phenoxy) is 2. The predicted molar refractivity (Wildman–Crippen MR) is 130 cm³/mol. The molecule has 0 fully saturated rings. The number of aryl methyl sites for hydroxylation is 1. The van der Waals surface area contributed by atoms with Crippen molar-refractivity contribution in [3.05, 3.63) is 36.0 Å². The maximum absolute atomic E-state index is 12.6. The molecule has 1 atom stereocenters. The number of rotatable bonds is 17. The molecule has 1 aromatic heterocycles. The van der Waals surface area contributed by atoms with Crippen molar-refractivity contribution < 1.29 is 37.4 Å². The quantitative estimate of drug-likeness (QED) is 0.121. The maximum atomic E-state index is 12.6. The zero-order valence-corrected chi connectivity index (χ0v) is 20.8. The van der Waals surface area contributed by atoms with Crippen LogP contribution >= 0.6 is 0 Å². The third-order valence-corrected chi connectivity index (χ3v) is 5.84. The van der Waals surface area contributed by atoms with E-state index < -0.39 is 33.7 Å². The van der Waals surface area contributed by atoms with Crippen LogP contribution in [0, 0.1) is 0 Å². The zero-order valence-electron chi connectivity index (χ0n) is 19.9. The van der Waals surface area contributed by atoms with Gasteiger partial charge < -0.3 is 35.7 Å². The fraction of sp³-hybridized carbons (Fsp3) is 0.545. The number of nitrogens with two attached hydrogens (primary N) is 2. The van der Waals surface area contributed by atoms with Crippen molar-refractivity contribution in [1.29, 1.82) is 0 Å². The number of fused-ring (bicyclic) bond motifs is 1. The normalized spacial score (nSPS) is 12.5. The Morgan fingerprint density at radius 1 is 1.17 bits per heavy atom. The van der Waals surface area contributed by atoms with Gasteiger partial charge in [0.2, 0.25) is 11.8 Å². The molecule has 2 rings (SSSR count). The van der Waals surface area contributed by atoms with Gasteiger partial charge in [0, 0.05) is 37.0 Å². The monoisotopic (exact) mass is 514 g/mol. The number of para-hydroxylation sites is 1. The molecule has 0 unspecified atom stereocenters. The summed E-state index contributed by atoms with van der Waals surface area (Å²) in [6.45, 7) is 2.86. The third kappa shape index (κ3) is 10.3. The number of amides is 2. The summed E-state index contributed by atoms with van der Waals surface area (Å²) in [7, 11) is -2.55. The Morgan fingerprint density at radius 2 is 1.89 bits per heavy atom. The van der Waals surface area contributed by atoms with E-state index in [1.807, 2.05) is 41.2 Å². The number of nitrogens with zero attached hydrogens (tertiary/aromatic N) is 1. The van der Waals surface area contributed by atoms with E-state index in [0.717, 1.165) is 23.1 Å². The van der Waals surface area contributed by atoms with Gasteiger partial charge in [-0.25, -0.2) is 0 Å². The first kappa shape index (κ1) is 28.7. The largest absolute Gasteiger partial charge is 0.378 e. The van der Waals surface area contributed by atoms with Gasteiger partial charge in [0.05, 0.1) is 39.2 Å². The fourth-order valence-corrected chi connectivity index (χ4v) is 4.21. The van der Waals surface area contributed by atoms with Crippen LogP contribution in [-0.4, -0.2) is 87.7 Å². The molecule has 2 amide bonds. The highest BCUT2D eigenvalue weighted by molar-refractivity contribution is 7.85. The second kappa shape index (κ2) is 14.8. The van der Waals surface area contributed by atoms with Crippen molar-refractivity contribution in [2.45, 2.75) is 25.6 Å². The Bertz CT molecular complexity index is 1060. The highest BCUT2D eigenvalue weighted by Crippen LogP contribution is 2.19. The number of carbonyl (C=O) groups excluding carboxylic acids is 2. The lowest BCUT2D eigenvalue weighted by atomic mass is 10.2. The second-order valence-electron chi connectivity index (χ2n) is 7.88. The van der Waals surface area contributed by atoms with Crippen molar-refractivity contribution in [1.82, 2.24) is 15.2 Å². The molecule has 1 aromatic carbocycles. The van der Waals surface area contributed by atoms with Crippen LogP contribution in [0.4, 0.5) is 0 Å². The lowest BCUT2D eigenvalue weighted by Gasteiger charge is -2.18. The Hall–Kier alpha value is -2.55. The summed E-state index contributed by atoms with van der Waals surface area (Å²) in [4.78, 5) is 25.1. The molecule has 2 aromatic rings. The summed E-state index contributed by atoms with van der Waals surface area (Å²) in [6.07, 6.45) is 0.0244. The Balaban J connectivity index is 1.91.